The standard InChI is InChI=1S/C24H29N5O3S/c1-27-16-20(33(31,32)29-12-4-2-5-13-29)15-22(27)24(30)25-19-9-7-8-18(14-19)21-17-28-11-6-3-10-23(28)26-21/h7-9,14-17H,2-6,10-13H2,1H3,(H,25,30). The molecule has 1 amide bonds. The molecule has 1 N–H and O–H groups in total. The summed E-state index contributed by atoms with van der Waals surface area (Å²) in [7, 11) is -1.90. The molecule has 9 heteroatoms. The third-order valence-corrected chi connectivity index (χ3v) is 8.35. The Labute approximate surface area is 194 Å². The van der Waals surface area contributed by atoms with Crippen molar-refractivity contribution in [3.8, 4) is 11.3 Å². The Morgan fingerprint density at radius 2 is 1.79 bits per heavy atom. The number of rotatable bonds is 5. The highest BCUT2D eigenvalue weighted by Crippen LogP contribution is 2.26. The summed E-state index contributed by atoms with van der Waals surface area (Å²) in [5.74, 6) is 0.760. The molecule has 0 unspecified atom stereocenters. The molecule has 2 aromatic heterocycles. The first-order valence-electron chi connectivity index (χ1n) is 11.6. The highest BCUT2D eigenvalue weighted by Gasteiger charge is 2.28. The molecule has 4 heterocycles. The van der Waals surface area contributed by atoms with Crippen molar-refractivity contribution in [1.82, 2.24) is 18.4 Å². The number of nitrogens with zero attached hydrogens (tertiary/aromatic N) is 4. The van der Waals surface area contributed by atoms with Gasteiger partial charge in [0.15, 0.2) is 0 Å². The normalized spacial score (nSPS) is 17.0. The molecule has 0 bridgehead atoms. The van der Waals surface area contributed by atoms with E-state index in [2.05, 4.69) is 16.1 Å². The smallest absolute Gasteiger partial charge is 0.272 e. The summed E-state index contributed by atoms with van der Waals surface area (Å²) >= 11 is 0. The number of imidazole rings is 1. The monoisotopic (exact) mass is 467 g/mol. The lowest BCUT2D eigenvalue weighted by Crippen LogP contribution is -2.35. The van der Waals surface area contributed by atoms with Gasteiger partial charge < -0.3 is 14.5 Å². The molecule has 0 saturated carbocycles. The number of amides is 1. The number of hydrogen-bond acceptors (Lipinski definition) is 4. The molecule has 8 nitrogen and oxygen atoms in total. The number of aromatic nitrogens is 3. The largest absolute Gasteiger partial charge is 0.345 e. The Hall–Kier alpha value is -2.91. The Kier molecular flexibility index (Phi) is 5.84. The number of anilines is 1. The van der Waals surface area contributed by atoms with Crippen LogP contribution >= 0.6 is 0 Å². The number of fused-ring (bicyclic) bond motifs is 1. The first-order chi connectivity index (χ1) is 15.9. The molecule has 174 valence electrons. The van der Waals surface area contributed by atoms with E-state index in [1.807, 2.05) is 24.3 Å². The summed E-state index contributed by atoms with van der Waals surface area (Å²) in [6, 6.07) is 9.06. The number of sulfonamides is 1. The SMILES string of the molecule is Cn1cc(S(=O)(=O)N2CCCCC2)cc1C(=O)Nc1cccc(-c2cn3c(n2)CCCC3)c1. The molecule has 1 fully saturated rings. The van der Waals surface area contributed by atoms with Gasteiger partial charge in [0.05, 0.1) is 5.69 Å². The van der Waals surface area contributed by atoms with Gasteiger partial charge in [0, 0.05) is 56.7 Å². The molecule has 0 atom stereocenters. The molecule has 0 radical (unpaired) electrons. The number of hydrogen-bond donors (Lipinski definition) is 1. The van der Waals surface area contributed by atoms with E-state index in [4.69, 9.17) is 4.98 Å². The lowest BCUT2D eigenvalue weighted by atomic mass is 10.1. The number of piperidine rings is 1. The topological polar surface area (TPSA) is 89.2 Å². The van der Waals surface area contributed by atoms with Gasteiger partial charge in [-0.25, -0.2) is 13.4 Å². The minimum absolute atomic E-state index is 0.161. The average Bonchev–Trinajstić information content (AvgIpc) is 3.44. The Morgan fingerprint density at radius 1 is 1.00 bits per heavy atom. The third-order valence-electron chi connectivity index (χ3n) is 6.49. The van der Waals surface area contributed by atoms with Crippen molar-refractivity contribution >= 4 is 21.6 Å². The first kappa shape index (κ1) is 21.9. The lowest BCUT2D eigenvalue weighted by molar-refractivity contribution is 0.101. The van der Waals surface area contributed by atoms with Gasteiger partial charge in [-0.05, 0) is 43.9 Å². The first-order valence-corrected chi connectivity index (χ1v) is 13.0. The Balaban J connectivity index is 1.35. The number of carbonyl (C=O) groups excluding carboxylic acids is 1. The second-order valence-corrected chi connectivity index (χ2v) is 10.8. The maximum Gasteiger partial charge on any atom is 0.272 e. The fourth-order valence-electron chi connectivity index (χ4n) is 4.66. The van der Waals surface area contributed by atoms with Crippen molar-refractivity contribution in [2.75, 3.05) is 18.4 Å². The molecule has 0 aliphatic carbocycles. The van der Waals surface area contributed by atoms with Crippen molar-refractivity contribution in [2.24, 2.45) is 7.05 Å². The molecule has 3 aromatic rings. The van der Waals surface area contributed by atoms with Crippen LogP contribution in [-0.4, -0.2) is 45.8 Å². The zero-order valence-electron chi connectivity index (χ0n) is 18.8. The van der Waals surface area contributed by atoms with Gasteiger partial charge in [-0.3, -0.25) is 4.79 Å². The highest BCUT2D eigenvalue weighted by atomic mass is 32.2. The summed E-state index contributed by atoms with van der Waals surface area (Å²) in [6.07, 6.45) is 9.71. The van der Waals surface area contributed by atoms with Crippen LogP contribution in [0.1, 0.15) is 48.4 Å². The van der Waals surface area contributed by atoms with Gasteiger partial charge >= 0.3 is 0 Å². The van der Waals surface area contributed by atoms with Crippen molar-refractivity contribution in [3.05, 3.63) is 54.2 Å². The third kappa shape index (κ3) is 4.35. The van der Waals surface area contributed by atoms with Crippen LogP contribution in [0.2, 0.25) is 0 Å². The minimum Gasteiger partial charge on any atom is -0.345 e. The maximum absolute atomic E-state index is 13.0. The predicted molar refractivity (Wildman–Crippen MR) is 127 cm³/mol. The number of aryl methyl sites for hydroxylation is 3. The second kappa shape index (κ2) is 8.79. The van der Waals surface area contributed by atoms with E-state index in [1.165, 1.54) is 29.4 Å². The van der Waals surface area contributed by atoms with E-state index in [0.717, 1.165) is 49.3 Å². The maximum atomic E-state index is 13.0. The van der Waals surface area contributed by atoms with Crippen LogP contribution in [0.4, 0.5) is 5.69 Å². The molecular weight excluding hydrogens is 438 g/mol. The van der Waals surface area contributed by atoms with Crippen molar-refractivity contribution in [1.29, 1.82) is 0 Å². The summed E-state index contributed by atoms with van der Waals surface area (Å²) in [5, 5.41) is 2.91. The number of nitrogens with one attached hydrogen (secondary N) is 1. The van der Waals surface area contributed by atoms with Crippen LogP contribution in [0.5, 0.6) is 0 Å². The number of benzene rings is 1. The average molecular weight is 468 g/mol. The fourth-order valence-corrected chi connectivity index (χ4v) is 6.25. The van der Waals surface area contributed by atoms with Crippen LogP contribution in [0.15, 0.2) is 47.6 Å². The molecule has 33 heavy (non-hydrogen) atoms. The van der Waals surface area contributed by atoms with Crippen molar-refractivity contribution in [2.45, 2.75) is 50.0 Å². The Bertz CT molecular complexity index is 1260. The van der Waals surface area contributed by atoms with E-state index >= 15 is 0 Å². The molecule has 0 spiro atoms. The molecule has 2 aliphatic heterocycles. The van der Waals surface area contributed by atoms with Crippen molar-refractivity contribution < 1.29 is 13.2 Å². The molecule has 1 saturated heterocycles. The Morgan fingerprint density at radius 3 is 2.58 bits per heavy atom. The minimum atomic E-state index is -3.59. The molecular formula is C24H29N5O3S. The van der Waals surface area contributed by atoms with Crippen LogP contribution in [0.25, 0.3) is 11.3 Å². The fraction of sp³-hybridized carbons (Fsp3) is 0.417. The quantitative estimate of drug-likeness (QED) is 0.620. The van der Waals surface area contributed by atoms with Crippen LogP contribution in [-0.2, 0) is 30.0 Å². The van der Waals surface area contributed by atoms with Crippen LogP contribution < -0.4 is 5.32 Å². The molecule has 2 aliphatic rings. The van der Waals surface area contributed by atoms with Gasteiger partial charge in [-0.2, -0.15) is 4.31 Å². The molecule has 5 rings (SSSR count). The summed E-state index contributed by atoms with van der Waals surface area (Å²) in [6.45, 7) is 2.06. The van der Waals surface area contributed by atoms with Gasteiger partial charge in [0.2, 0.25) is 10.0 Å². The van der Waals surface area contributed by atoms with E-state index in [-0.39, 0.29) is 10.8 Å². The van der Waals surface area contributed by atoms with E-state index < -0.39 is 10.0 Å². The summed E-state index contributed by atoms with van der Waals surface area (Å²) < 4.78 is 31.3. The summed E-state index contributed by atoms with van der Waals surface area (Å²) in [4.78, 5) is 17.9. The van der Waals surface area contributed by atoms with Crippen LogP contribution in [0.3, 0.4) is 0 Å². The van der Waals surface area contributed by atoms with Crippen molar-refractivity contribution in [3.63, 3.8) is 0 Å². The lowest BCUT2D eigenvalue weighted by Gasteiger charge is -2.25. The highest BCUT2D eigenvalue weighted by molar-refractivity contribution is 7.89. The summed E-state index contributed by atoms with van der Waals surface area (Å²) in [5.41, 5.74) is 2.78. The van der Waals surface area contributed by atoms with E-state index in [9.17, 15) is 13.2 Å². The van der Waals surface area contributed by atoms with Gasteiger partial charge in [-0.1, -0.05) is 18.6 Å². The van der Waals surface area contributed by atoms with Crippen LogP contribution in [0, 0.1) is 0 Å². The van der Waals surface area contributed by atoms with E-state index in [1.54, 1.807) is 11.6 Å². The second-order valence-electron chi connectivity index (χ2n) is 8.86. The van der Waals surface area contributed by atoms with Gasteiger partial charge in [0.25, 0.3) is 5.91 Å². The van der Waals surface area contributed by atoms with E-state index in [0.29, 0.717) is 24.5 Å². The van der Waals surface area contributed by atoms with Gasteiger partial charge in [-0.15, -0.1) is 0 Å². The zero-order valence-corrected chi connectivity index (χ0v) is 19.6. The number of carbonyl (C=O) groups is 1. The van der Waals surface area contributed by atoms with Gasteiger partial charge in [0.1, 0.15) is 16.4 Å². The molecule has 1 aromatic carbocycles. The predicted octanol–water partition coefficient (Wildman–Crippen LogP) is 3.65. The zero-order chi connectivity index (χ0) is 23.0.